The van der Waals surface area contributed by atoms with Crippen molar-refractivity contribution in [3.8, 4) is 0 Å². The van der Waals surface area contributed by atoms with Crippen molar-refractivity contribution >= 4 is 21.8 Å². The van der Waals surface area contributed by atoms with Crippen LogP contribution >= 0.6 is 15.9 Å². The Bertz CT molecular complexity index is 102. The number of amidine groups is 1. The third kappa shape index (κ3) is 5.69. The van der Waals surface area contributed by atoms with Gasteiger partial charge in [-0.3, -0.25) is 0 Å². The molecule has 7 heavy (non-hydrogen) atoms. The molecule has 0 amide bonds. The summed E-state index contributed by atoms with van der Waals surface area (Å²) in [5.41, 5.74) is 5.15. The van der Waals surface area contributed by atoms with E-state index in [4.69, 9.17) is 5.73 Å². The Balaban J connectivity index is 3.68. The van der Waals surface area contributed by atoms with Crippen molar-refractivity contribution < 1.29 is 0 Å². The summed E-state index contributed by atoms with van der Waals surface area (Å²) in [6.45, 7) is 5.15. The fourth-order valence-electron chi connectivity index (χ4n) is 0.191. The minimum atomic E-state index is 0.516. The van der Waals surface area contributed by atoms with Crippen LogP contribution in [-0.2, 0) is 0 Å². The van der Waals surface area contributed by atoms with E-state index in [-0.39, 0.29) is 0 Å². The summed E-state index contributed by atoms with van der Waals surface area (Å²) in [6.07, 6.45) is 0. The Kier molecular flexibility index (Phi) is 2.67. The lowest BCUT2D eigenvalue weighted by Gasteiger charge is -1.84. The molecule has 2 nitrogen and oxygen atoms in total. The maximum atomic E-state index is 5.15. The first-order valence-electron chi connectivity index (χ1n) is 1.78. The largest absolute Gasteiger partial charge is 0.387 e. The van der Waals surface area contributed by atoms with E-state index in [0.717, 1.165) is 0 Å². The van der Waals surface area contributed by atoms with E-state index < -0.39 is 0 Å². The highest BCUT2D eigenvalue weighted by molar-refractivity contribution is 9.11. The Labute approximate surface area is 51.2 Å². The molecule has 0 aromatic heterocycles. The van der Waals surface area contributed by atoms with Gasteiger partial charge >= 0.3 is 0 Å². The molecule has 2 N–H and O–H groups in total. The summed E-state index contributed by atoms with van der Waals surface area (Å²) >= 11 is 3.01. The van der Waals surface area contributed by atoms with Crippen molar-refractivity contribution in [3.63, 3.8) is 0 Å². The Morgan fingerprint density at radius 2 is 2.29 bits per heavy atom. The van der Waals surface area contributed by atoms with Crippen molar-refractivity contribution in [2.45, 2.75) is 6.92 Å². The van der Waals surface area contributed by atoms with Crippen LogP contribution < -0.4 is 5.73 Å². The fraction of sp³-hybridized carbons (Fsp3) is 0.250. The van der Waals surface area contributed by atoms with Gasteiger partial charge in [-0.05, 0) is 22.9 Å². The number of rotatable bonds is 1. The maximum absolute atomic E-state index is 5.15. The summed E-state index contributed by atoms with van der Waals surface area (Å²) in [4.78, 5) is 3.69. The van der Waals surface area contributed by atoms with Crippen LogP contribution in [0.1, 0.15) is 6.92 Å². The number of hydrogen-bond acceptors (Lipinski definition) is 1. The normalized spacial score (nSPS) is 11.4. The molecule has 0 rings (SSSR count). The summed E-state index contributed by atoms with van der Waals surface area (Å²) in [5, 5.41) is 0. The van der Waals surface area contributed by atoms with Gasteiger partial charge in [0.1, 0.15) is 4.61 Å². The molecule has 3 heteroatoms. The summed E-state index contributed by atoms with van der Waals surface area (Å²) in [5.74, 6) is 0.516. The second-order valence-corrected chi connectivity index (χ2v) is 2.04. The summed E-state index contributed by atoms with van der Waals surface area (Å²) < 4.78 is 0.562. The molecule has 0 saturated carbocycles. The number of nitrogens with zero attached hydrogens (tertiary/aromatic N) is 1. The smallest absolute Gasteiger partial charge is 0.100 e. The molecule has 0 radical (unpaired) electrons. The SMILES string of the molecule is C=C(Br)/N=C(\C)N. The molecule has 0 spiro atoms. The lowest BCUT2D eigenvalue weighted by Crippen LogP contribution is -2.03. The lowest BCUT2D eigenvalue weighted by atomic mass is 10.7. The highest BCUT2D eigenvalue weighted by Gasteiger charge is 1.77. The second-order valence-electron chi connectivity index (χ2n) is 1.13. The van der Waals surface area contributed by atoms with Gasteiger partial charge in [-0.2, -0.15) is 0 Å². The van der Waals surface area contributed by atoms with Gasteiger partial charge in [0.25, 0.3) is 0 Å². The van der Waals surface area contributed by atoms with Crippen LogP contribution in [-0.4, -0.2) is 5.84 Å². The van der Waals surface area contributed by atoms with E-state index in [0.29, 0.717) is 10.4 Å². The average Bonchev–Trinajstić information content (AvgIpc) is 1.27. The maximum Gasteiger partial charge on any atom is 0.100 e. The molecule has 0 saturated heterocycles. The highest BCUT2D eigenvalue weighted by Crippen LogP contribution is 1.99. The van der Waals surface area contributed by atoms with Gasteiger partial charge in [-0.15, -0.1) is 0 Å². The van der Waals surface area contributed by atoms with E-state index in [1.54, 1.807) is 6.92 Å². The zero-order valence-corrected chi connectivity index (χ0v) is 5.70. The molecule has 0 aliphatic rings. The average molecular weight is 163 g/mol. The van der Waals surface area contributed by atoms with E-state index in [9.17, 15) is 0 Å². The standard InChI is InChI=1S/C4H7BrN2/c1-3(5)7-4(2)6/h1H2,2H3,(H2,6,7). The van der Waals surface area contributed by atoms with Gasteiger partial charge in [-0.1, -0.05) is 6.58 Å². The Morgan fingerprint density at radius 1 is 1.86 bits per heavy atom. The molecular formula is C4H7BrN2. The fourth-order valence-corrected chi connectivity index (χ4v) is 0.471. The summed E-state index contributed by atoms with van der Waals surface area (Å²) in [6, 6.07) is 0. The first kappa shape index (κ1) is 6.69. The second kappa shape index (κ2) is 2.80. The monoisotopic (exact) mass is 162 g/mol. The van der Waals surface area contributed by atoms with E-state index in [1.165, 1.54) is 0 Å². The topological polar surface area (TPSA) is 38.4 Å². The van der Waals surface area contributed by atoms with Gasteiger partial charge < -0.3 is 5.73 Å². The van der Waals surface area contributed by atoms with Crippen molar-refractivity contribution in [3.05, 3.63) is 11.2 Å². The predicted octanol–water partition coefficient (Wildman–Crippen LogP) is 1.23. The van der Waals surface area contributed by atoms with Crippen LogP contribution in [0.15, 0.2) is 16.2 Å². The summed E-state index contributed by atoms with van der Waals surface area (Å²) in [7, 11) is 0. The Morgan fingerprint density at radius 3 is 2.29 bits per heavy atom. The quantitative estimate of drug-likeness (QED) is 0.352. The number of aliphatic imine (C=N–C) groups is 1. The van der Waals surface area contributed by atoms with Gasteiger partial charge in [0.05, 0.1) is 5.84 Å². The molecule has 0 atom stereocenters. The molecule has 0 fully saturated rings. The Hall–Kier alpha value is -0.310. The van der Waals surface area contributed by atoms with Crippen LogP contribution in [0.25, 0.3) is 0 Å². The van der Waals surface area contributed by atoms with E-state index in [2.05, 4.69) is 27.5 Å². The van der Waals surface area contributed by atoms with Gasteiger partial charge in [0.15, 0.2) is 0 Å². The number of nitrogens with two attached hydrogens (primary N) is 1. The zero-order chi connectivity index (χ0) is 5.86. The first-order chi connectivity index (χ1) is 3.13. The third-order valence-electron chi connectivity index (χ3n) is 0.298. The third-order valence-corrected chi connectivity index (χ3v) is 0.475. The first-order valence-corrected chi connectivity index (χ1v) is 2.57. The van der Waals surface area contributed by atoms with Crippen LogP contribution in [0, 0.1) is 0 Å². The molecule has 40 valence electrons. The zero-order valence-electron chi connectivity index (χ0n) is 4.11. The predicted molar refractivity (Wildman–Crippen MR) is 35.4 cm³/mol. The van der Waals surface area contributed by atoms with Crippen LogP contribution in [0.4, 0.5) is 0 Å². The lowest BCUT2D eigenvalue weighted by molar-refractivity contribution is 1.46. The minimum Gasteiger partial charge on any atom is -0.387 e. The van der Waals surface area contributed by atoms with E-state index in [1.807, 2.05) is 0 Å². The minimum absolute atomic E-state index is 0.516. The van der Waals surface area contributed by atoms with Crippen molar-refractivity contribution in [2.24, 2.45) is 10.7 Å². The molecule has 0 heterocycles. The molecule has 0 unspecified atom stereocenters. The molecule has 0 aliphatic heterocycles. The molecule has 0 bridgehead atoms. The van der Waals surface area contributed by atoms with Gasteiger partial charge in [0, 0.05) is 0 Å². The van der Waals surface area contributed by atoms with Crippen molar-refractivity contribution in [2.75, 3.05) is 0 Å². The molecular weight excluding hydrogens is 156 g/mol. The van der Waals surface area contributed by atoms with E-state index >= 15 is 0 Å². The van der Waals surface area contributed by atoms with Crippen LogP contribution in [0.2, 0.25) is 0 Å². The van der Waals surface area contributed by atoms with Crippen LogP contribution in [0.3, 0.4) is 0 Å². The van der Waals surface area contributed by atoms with Crippen molar-refractivity contribution in [1.82, 2.24) is 0 Å². The van der Waals surface area contributed by atoms with Gasteiger partial charge in [0.2, 0.25) is 0 Å². The molecule has 0 aliphatic carbocycles. The molecule has 0 aromatic carbocycles. The highest BCUT2D eigenvalue weighted by atomic mass is 79.9. The van der Waals surface area contributed by atoms with Crippen LogP contribution in [0.5, 0.6) is 0 Å². The number of hydrogen-bond donors (Lipinski definition) is 1. The van der Waals surface area contributed by atoms with Gasteiger partial charge in [-0.25, -0.2) is 4.99 Å². The van der Waals surface area contributed by atoms with Crippen molar-refractivity contribution in [1.29, 1.82) is 0 Å². The molecule has 0 aromatic rings. The number of halogens is 1.